The number of ether oxygens (including phenoxy) is 2. The third-order valence-electron chi connectivity index (χ3n) is 4.04. The molecule has 0 bridgehead atoms. The number of hydrogen-bond acceptors (Lipinski definition) is 6. The number of carbonyl (C=O) groups is 3. The van der Waals surface area contributed by atoms with Crippen LogP contribution in [0.25, 0.3) is 0 Å². The van der Waals surface area contributed by atoms with Crippen LogP contribution >= 0.6 is 23.2 Å². The number of pyridine rings is 1. The molecule has 1 atom stereocenters. The van der Waals surface area contributed by atoms with E-state index in [1.54, 1.807) is 24.3 Å². The molecular weight excluding hydrogens is 419 g/mol. The van der Waals surface area contributed by atoms with E-state index >= 15 is 0 Å². The zero-order valence-corrected chi connectivity index (χ0v) is 17.7. The minimum absolute atomic E-state index is 0.132. The number of carbonyl (C=O) groups excluding carboxylic acids is 3. The number of amides is 1. The number of rotatable bonds is 7. The van der Waals surface area contributed by atoms with Crippen LogP contribution < -0.4 is 4.90 Å². The molecule has 0 aliphatic carbocycles. The van der Waals surface area contributed by atoms with E-state index in [1.165, 1.54) is 31.1 Å². The molecule has 0 radical (unpaired) electrons. The van der Waals surface area contributed by atoms with Crippen molar-refractivity contribution in [3.05, 3.63) is 57.8 Å². The summed E-state index contributed by atoms with van der Waals surface area (Å²) < 4.78 is 9.55. The van der Waals surface area contributed by atoms with Crippen molar-refractivity contribution in [2.24, 2.45) is 0 Å². The molecule has 1 unspecified atom stereocenters. The number of halogens is 2. The zero-order valence-electron chi connectivity index (χ0n) is 16.1. The Morgan fingerprint density at radius 2 is 1.69 bits per heavy atom. The number of esters is 2. The number of methoxy groups -OCH3 is 1. The summed E-state index contributed by atoms with van der Waals surface area (Å²) in [4.78, 5) is 40.8. The SMILES string of the molecule is COC(=O)c1ccc(CC(C)N(C(=O)COC(C)=O)c2cc(Cl)nc(Cl)c2)cc1. The quantitative estimate of drug-likeness (QED) is 0.483. The molecule has 1 aromatic carbocycles. The molecule has 154 valence electrons. The fourth-order valence-electron chi connectivity index (χ4n) is 2.80. The molecule has 0 aliphatic heterocycles. The maximum atomic E-state index is 12.8. The Morgan fingerprint density at radius 3 is 2.21 bits per heavy atom. The van der Waals surface area contributed by atoms with Gasteiger partial charge in [-0.05, 0) is 43.2 Å². The second kappa shape index (κ2) is 10.2. The minimum atomic E-state index is -0.560. The first kappa shape index (κ1) is 22.6. The molecular formula is C20H20Cl2N2O5. The first-order valence-electron chi connectivity index (χ1n) is 8.67. The van der Waals surface area contributed by atoms with Crippen molar-refractivity contribution < 1.29 is 23.9 Å². The number of nitrogens with zero attached hydrogens (tertiary/aromatic N) is 2. The molecule has 0 saturated carbocycles. The van der Waals surface area contributed by atoms with Gasteiger partial charge in [0.1, 0.15) is 10.3 Å². The summed E-state index contributed by atoms with van der Waals surface area (Å²) in [6, 6.07) is 9.55. The molecule has 9 heteroatoms. The van der Waals surface area contributed by atoms with Gasteiger partial charge < -0.3 is 14.4 Å². The number of aromatic nitrogens is 1. The van der Waals surface area contributed by atoms with Gasteiger partial charge in [-0.2, -0.15) is 0 Å². The lowest BCUT2D eigenvalue weighted by atomic mass is 10.0. The van der Waals surface area contributed by atoms with Crippen LogP contribution in [0, 0.1) is 0 Å². The van der Waals surface area contributed by atoms with Gasteiger partial charge in [-0.15, -0.1) is 0 Å². The van der Waals surface area contributed by atoms with E-state index in [-0.39, 0.29) is 16.3 Å². The topological polar surface area (TPSA) is 85.8 Å². The summed E-state index contributed by atoms with van der Waals surface area (Å²) in [7, 11) is 1.32. The second-order valence-electron chi connectivity index (χ2n) is 6.26. The average molecular weight is 439 g/mol. The first-order chi connectivity index (χ1) is 13.7. The molecule has 2 rings (SSSR count). The van der Waals surface area contributed by atoms with Gasteiger partial charge in [0, 0.05) is 13.0 Å². The van der Waals surface area contributed by atoms with E-state index in [9.17, 15) is 14.4 Å². The van der Waals surface area contributed by atoms with Crippen molar-refractivity contribution in [2.75, 3.05) is 18.6 Å². The molecule has 1 heterocycles. The van der Waals surface area contributed by atoms with E-state index in [2.05, 4.69) is 9.72 Å². The molecule has 1 aromatic heterocycles. The summed E-state index contributed by atoms with van der Waals surface area (Å²) in [5.41, 5.74) is 1.76. The summed E-state index contributed by atoms with van der Waals surface area (Å²) in [5, 5.41) is 0.264. The highest BCUT2D eigenvalue weighted by Gasteiger charge is 2.24. The predicted octanol–water partition coefficient (Wildman–Crippen LogP) is 3.70. The Balaban J connectivity index is 2.28. The van der Waals surface area contributed by atoms with Gasteiger partial charge in [0.2, 0.25) is 0 Å². The molecule has 2 aromatic rings. The smallest absolute Gasteiger partial charge is 0.337 e. The lowest BCUT2D eigenvalue weighted by Crippen LogP contribution is -2.42. The van der Waals surface area contributed by atoms with Crippen molar-refractivity contribution in [3.63, 3.8) is 0 Å². The zero-order chi connectivity index (χ0) is 21.6. The van der Waals surface area contributed by atoms with Crippen molar-refractivity contribution >= 4 is 46.7 Å². The highest BCUT2D eigenvalue weighted by atomic mass is 35.5. The fraction of sp³-hybridized carbons (Fsp3) is 0.300. The van der Waals surface area contributed by atoms with Crippen LogP contribution in [-0.4, -0.2) is 42.6 Å². The van der Waals surface area contributed by atoms with Crippen LogP contribution in [0.15, 0.2) is 36.4 Å². The maximum absolute atomic E-state index is 12.8. The molecule has 0 N–H and O–H groups in total. The van der Waals surface area contributed by atoms with E-state index < -0.39 is 24.5 Å². The third-order valence-corrected chi connectivity index (χ3v) is 4.43. The number of anilines is 1. The Hall–Kier alpha value is -2.64. The largest absolute Gasteiger partial charge is 0.465 e. The van der Waals surface area contributed by atoms with Crippen LogP contribution in [-0.2, 0) is 25.5 Å². The van der Waals surface area contributed by atoms with Crippen LogP contribution in [0.1, 0.15) is 29.8 Å². The minimum Gasteiger partial charge on any atom is -0.465 e. The first-order valence-corrected chi connectivity index (χ1v) is 9.42. The lowest BCUT2D eigenvalue weighted by molar-refractivity contribution is -0.145. The number of hydrogen-bond donors (Lipinski definition) is 0. The molecule has 7 nitrogen and oxygen atoms in total. The van der Waals surface area contributed by atoms with E-state index in [0.29, 0.717) is 17.7 Å². The van der Waals surface area contributed by atoms with Crippen molar-refractivity contribution in [3.8, 4) is 0 Å². The summed E-state index contributed by atoms with van der Waals surface area (Å²) >= 11 is 12.0. The summed E-state index contributed by atoms with van der Waals surface area (Å²) in [6.07, 6.45) is 0.463. The Labute approximate surface area is 178 Å². The van der Waals surface area contributed by atoms with Gasteiger partial charge in [0.25, 0.3) is 5.91 Å². The normalized spacial score (nSPS) is 11.5. The summed E-state index contributed by atoms with van der Waals surface area (Å²) in [5.74, 6) is -1.42. The highest BCUT2D eigenvalue weighted by molar-refractivity contribution is 6.33. The lowest BCUT2D eigenvalue weighted by Gasteiger charge is -2.29. The Morgan fingerprint density at radius 1 is 1.10 bits per heavy atom. The highest BCUT2D eigenvalue weighted by Crippen LogP contribution is 2.26. The van der Waals surface area contributed by atoms with Gasteiger partial charge >= 0.3 is 11.9 Å². The van der Waals surface area contributed by atoms with Crippen molar-refractivity contribution in [1.29, 1.82) is 0 Å². The van der Waals surface area contributed by atoms with Gasteiger partial charge in [-0.1, -0.05) is 35.3 Å². The van der Waals surface area contributed by atoms with Crippen LogP contribution in [0.2, 0.25) is 10.3 Å². The molecule has 29 heavy (non-hydrogen) atoms. The van der Waals surface area contributed by atoms with Crippen LogP contribution in [0.4, 0.5) is 5.69 Å². The summed E-state index contributed by atoms with van der Waals surface area (Å²) in [6.45, 7) is 2.64. The molecule has 0 spiro atoms. The third kappa shape index (κ3) is 6.44. The van der Waals surface area contributed by atoms with Crippen molar-refractivity contribution in [1.82, 2.24) is 4.98 Å². The van der Waals surface area contributed by atoms with Gasteiger partial charge in [0.15, 0.2) is 6.61 Å². The van der Waals surface area contributed by atoms with E-state index in [4.69, 9.17) is 27.9 Å². The second-order valence-corrected chi connectivity index (χ2v) is 7.03. The molecule has 1 amide bonds. The van der Waals surface area contributed by atoms with Gasteiger partial charge in [-0.3, -0.25) is 9.59 Å². The predicted molar refractivity (Wildman–Crippen MR) is 109 cm³/mol. The molecule has 0 saturated heterocycles. The maximum Gasteiger partial charge on any atom is 0.337 e. The Bertz CT molecular complexity index is 882. The standard InChI is InChI=1S/C20H20Cl2N2O5/c1-12(8-14-4-6-15(7-5-14)20(27)28-3)24(19(26)11-29-13(2)25)16-9-17(21)23-18(22)10-16/h4-7,9-10,12H,8,11H2,1-3H3. The van der Waals surface area contributed by atoms with E-state index in [1.807, 2.05) is 6.92 Å². The van der Waals surface area contributed by atoms with Gasteiger partial charge in [0.05, 0.1) is 18.4 Å². The average Bonchev–Trinajstić information content (AvgIpc) is 2.65. The fourth-order valence-corrected chi connectivity index (χ4v) is 3.24. The molecule has 0 fully saturated rings. The number of benzene rings is 1. The van der Waals surface area contributed by atoms with Crippen molar-refractivity contribution in [2.45, 2.75) is 26.3 Å². The van der Waals surface area contributed by atoms with Crippen LogP contribution in [0.5, 0.6) is 0 Å². The van der Waals surface area contributed by atoms with Gasteiger partial charge in [-0.25, -0.2) is 9.78 Å². The molecule has 0 aliphatic rings. The Kier molecular flexibility index (Phi) is 7.99. The van der Waals surface area contributed by atoms with Crippen LogP contribution in [0.3, 0.4) is 0 Å². The van der Waals surface area contributed by atoms with E-state index in [0.717, 1.165) is 5.56 Å². The monoisotopic (exact) mass is 438 g/mol.